The minimum Gasteiger partial charge on any atom is -0.497 e. The van der Waals surface area contributed by atoms with E-state index in [9.17, 15) is 0 Å². The number of amidine groups is 1. The second-order valence-electron chi connectivity index (χ2n) is 5.32. The highest BCUT2D eigenvalue weighted by molar-refractivity contribution is 5.79. The van der Waals surface area contributed by atoms with Gasteiger partial charge >= 0.3 is 0 Å². The molecular weight excluding hydrogens is 254 g/mol. The molecule has 0 aliphatic heterocycles. The Balaban J connectivity index is 2.62. The van der Waals surface area contributed by atoms with Crippen LogP contribution >= 0.6 is 0 Å². The average molecular weight is 279 g/mol. The van der Waals surface area contributed by atoms with Crippen LogP contribution in [0.25, 0.3) is 0 Å². The Bertz CT molecular complexity index is 416. The molecule has 0 aromatic heterocycles. The largest absolute Gasteiger partial charge is 0.497 e. The van der Waals surface area contributed by atoms with Gasteiger partial charge < -0.3 is 15.7 Å². The lowest BCUT2D eigenvalue weighted by Gasteiger charge is -2.24. The number of hydrogen-bond donors (Lipinski definition) is 2. The number of ether oxygens (including phenoxy) is 1. The van der Waals surface area contributed by atoms with Gasteiger partial charge in [0.15, 0.2) is 0 Å². The maximum absolute atomic E-state index is 8.61. The summed E-state index contributed by atoms with van der Waals surface area (Å²) >= 11 is 0. The molecule has 0 atom stereocenters. The van der Waals surface area contributed by atoms with E-state index < -0.39 is 0 Å². The molecule has 5 heteroatoms. The van der Waals surface area contributed by atoms with E-state index in [0.29, 0.717) is 12.3 Å². The summed E-state index contributed by atoms with van der Waals surface area (Å²) < 4.78 is 5.16. The van der Waals surface area contributed by atoms with Gasteiger partial charge in [0.25, 0.3) is 0 Å². The normalized spacial score (nSPS) is 12.2. The van der Waals surface area contributed by atoms with Gasteiger partial charge in [-0.25, -0.2) is 0 Å². The molecule has 0 aliphatic carbocycles. The lowest BCUT2D eigenvalue weighted by Crippen LogP contribution is -2.31. The predicted molar refractivity (Wildman–Crippen MR) is 81.1 cm³/mol. The molecule has 1 aromatic rings. The quantitative estimate of drug-likeness (QED) is 0.331. The molecule has 0 unspecified atom stereocenters. The van der Waals surface area contributed by atoms with Crippen LogP contribution in [0.15, 0.2) is 29.4 Å². The molecule has 1 rings (SSSR count). The highest BCUT2D eigenvalue weighted by Crippen LogP contribution is 2.14. The number of nitrogens with two attached hydrogens (primary N) is 1. The monoisotopic (exact) mass is 279 g/mol. The lowest BCUT2D eigenvalue weighted by molar-refractivity contribution is 0.240. The average Bonchev–Trinajstić information content (AvgIpc) is 2.44. The van der Waals surface area contributed by atoms with E-state index in [-0.39, 0.29) is 5.84 Å². The number of methoxy groups -OCH3 is 1. The minimum atomic E-state index is 0.272. The zero-order valence-electron chi connectivity index (χ0n) is 12.5. The van der Waals surface area contributed by atoms with Crippen molar-refractivity contribution in [1.82, 2.24) is 4.90 Å². The molecule has 0 bridgehead atoms. The Morgan fingerprint density at radius 3 is 2.50 bits per heavy atom. The van der Waals surface area contributed by atoms with Crippen molar-refractivity contribution in [3.63, 3.8) is 0 Å². The Hall–Kier alpha value is -1.75. The van der Waals surface area contributed by atoms with Crippen molar-refractivity contribution in [2.45, 2.75) is 26.8 Å². The first-order valence-corrected chi connectivity index (χ1v) is 6.86. The summed E-state index contributed by atoms with van der Waals surface area (Å²) in [5.41, 5.74) is 6.77. The number of rotatable bonds is 8. The number of nitrogens with zero attached hydrogens (tertiary/aromatic N) is 2. The fraction of sp³-hybridized carbons (Fsp3) is 0.533. The van der Waals surface area contributed by atoms with Gasteiger partial charge in [0, 0.05) is 26.1 Å². The first-order valence-electron chi connectivity index (χ1n) is 6.86. The van der Waals surface area contributed by atoms with E-state index in [1.54, 1.807) is 7.11 Å². The topological polar surface area (TPSA) is 71.1 Å². The molecule has 0 radical (unpaired) electrons. The standard InChI is InChI=1S/C15H25N3O2/c1-12(2)10-18(9-8-15(16)17-19)11-13-4-6-14(20-3)7-5-13/h4-7,12,19H,8-11H2,1-3H3,(H2,16,17). The zero-order chi connectivity index (χ0) is 15.0. The molecular formula is C15H25N3O2. The summed E-state index contributed by atoms with van der Waals surface area (Å²) in [5.74, 6) is 1.70. The molecule has 0 heterocycles. The van der Waals surface area contributed by atoms with Gasteiger partial charge in [0.2, 0.25) is 0 Å². The zero-order valence-corrected chi connectivity index (χ0v) is 12.5. The van der Waals surface area contributed by atoms with E-state index in [0.717, 1.165) is 25.4 Å². The molecule has 0 amide bonds. The summed E-state index contributed by atoms with van der Waals surface area (Å²) in [4.78, 5) is 2.31. The molecule has 20 heavy (non-hydrogen) atoms. The lowest BCUT2D eigenvalue weighted by atomic mass is 10.1. The molecule has 112 valence electrons. The van der Waals surface area contributed by atoms with Crippen LogP contribution in [0.4, 0.5) is 0 Å². The van der Waals surface area contributed by atoms with Gasteiger partial charge in [-0.15, -0.1) is 0 Å². The summed E-state index contributed by atoms with van der Waals surface area (Å²) in [7, 11) is 1.66. The van der Waals surface area contributed by atoms with E-state index in [1.807, 2.05) is 12.1 Å². The molecule has 5 nitrogen and oxygen atoms in total. The van der Waals surface area contributed by atoms with Crippen molar-refractivity contribution >= 4 is 5.84 Å². The molecule has 1 aromatic carbocycles. The van der Waals surface area contributed by atoms with Crippen LogP contribution in [0.3, 0.4) is 0 Å². The first-order chi connectivity index (χ1) is 9.55. The third-order valence-corrected chi connectivity index (χ3v) is 3.00. The molecule has 0 saturated heterocycles. The van der Waals surface area contributed by atoms with E-state index >= 15 is 0 Å². The Labute approximate surface area is 121 Å². The van der Waals surface area contributed by atoms with E-state index in [2.05, 4.69) is 36.0 Å². The van der Waals surface area contributed by atoms with Crippen molar-refractivity contribution in [3.05, 3.63) is 29.8 Å². The highest BCUT2D eigenvalue weighted by atomic mass is 16.5. The Kier molecular flexibility index (Phi) is 6.87. The van der Waals surface area contributed by atoms with Crippen molar-refractivity contribution < 1.29 is 9.94 Å². The summed E-state index contributed by atoms with van der Waals surface area (Å²) in [5, 5.41) is 11.6. The third kappa shape index (κ3) is 5.93. The summed E-state index contributed by atoms with van der Waals surface area (Å²) in [6.07, 6.45) is 0.569. The van der Waals surface area contributed by atoms with Gasteiger partial charge in [-0.2, -0.15) is 0 Å². The van der Waals surface area contributed by atoms with Gasteiger partial charge in [0.1, 0.15) is 11.6 Å². The van der Waals surface area contributed by atoms with Gasteiger partial charge in [-0.1, -0.05) is 31.1 Å². The summed E-state index contributed by atoms with van der Waals surface area (Å²) in [6.45, 7) is 6.97. The number of benzene rings is 1. The van der Waals surface area contributed by atoms with Gasteiger partial charge in [-0.3, -0.25) is 4.90 Å². The van der Waals surface area contributed by atoms with Crippen LogP contribution in [0.2, 0.25) is 0 Å². The summed E-state index contributed by atoms with van der Waals surface area (Å²) in [6, 6.07) is 8.06. The number of hydrogen-bond acceptors (Lipinski definition) is 4. The molecule has 0 saturated carbocycles. The van der Waals surface area contributed by atoms with Crippen LogP contribution in [-0.4, -0.2) is 36.1 Å². The molecule has 0 aliphatic rings. The second kappa shape index (κ2) is 8.43. The van der Waals surface area contributed by atoms with Crippen LogP contribution < -0.4 is 10.5 Å². The van der Waals surface area contributed by atoms with Crippen LogP contribution in [0.5, 0.6) is 5.75 Å². The molecule has 3 N–H and O–H groups in total. The molecule has 0 spiro atoms. The van der Waals surface area contributed by atoms with Crippen molar-refractivity contribution in [1.29, 1.82) is 0 Å². The first kappa shape index (κ1) is 16.3. The van der Waals surface area contributed by atoms with Gasteiger partial charge in [-0.05, 0) is 23.6 Å². The molecule has 0 fully saturated rings. The Morgan fingerprint density at radius 1 is 1.35 bits per heavy atom. The van der Waals surface area contributed by atoms with Gasteiger partial charge in [0.05, 0.1) is 7.11 Å². The van der Waals surface area contributed by atoms with Crippen LogP contribution in [-0.2, 0) is 6.54 Å². The fourth-order valence-electron chi connectivity index (χ4n) is 2.06. The number of oxime groups is 1. The third-order valence-electron chi connectivity index (χ3n) is 3.00. The van der Waals surface area contributed by atoms with Crippen molar-refractivity contribution in [3.8, 4) is 5.75 Å². The maximum Gasteiger partial charge on any atom is 0.140 e. The fourth-order valence-corrected chi connectivity index (χ4v) is 2.06. The van der Waals surface area contributed by atoms with Crippen molar-refractivity contribution in [2.75, 3.05) is 20.2 Å². The van der Waals surface area contributed by atoms with E-state index in [1.165, 1.54) is 5.56 Å². The maximum atomic E-state index is 8.61. The SMILES string of the molecule is COc1ccc(CN(CCC(N)=NO)CC(C)C)cc1. The smallest absolute Gasteiger partial charge is 0.140 e. The second-order valence-corrected chi connectivity index (χ2v) is 5.32. The van der Waals surface area contributed by atoms with Crippen molar-refractivity contribution in [2.24, 2.45) is 16.8 Å². The highest BCUT2D eigenvalue weighted by Gasteiger charge is 2.09. The Morgan fingerprint density at radius 2 is 2.00 bits per heavy atom. The van der Waals surface area contributed by atoms with Crippen LogP contribution in [0.1, 0.15) is 25.8 Å². The van der Waals surface area contributed by atoms with Crippen LogP contribution in [0, 0.1) is 5.92 Å². The predicted octanol–water partition coefficient (Wildman–Crippen LogP) is 2.29. The minimum absolute atomic E-state index is 0.272. The van der Waals surface area contributed by atoms with E-state index in [4.69, 9.17) is 15.7 Å².